The number of nitrogens with one attached hydrogen (secondary N) is 2. The molecule has 2 heterocycles. The van der Waals surface area contributed by atoms with Gasteiger partial charge in [0.2, 0.25) is 5.91 Å². The first kappa shape index (κ1) is 26.2. The number of amides is 2. The highest BCUT2D eigenvalue weighted by molar-refractivity contribution is 8.26. The molecule has 192 valence electrons. The van der Waals surface area contributed by atoms with Crippen LogP contribution in [0.1, 0.15) is 17.5 Å². The highest BCUT2D eigenvalue weighted by Gasteiger charge is 2.32. The summed E-state index contributed by atoms with van der Waals surface area (Å²) in [6.07, 6.45) is 3.48. The number of hydrogen-bond acceptors (Lipinski definition) is 7. The van der Waals surface area contributed by atoms with Gasteiger partial charge in [-0.1, -0.05) is 48.2 Å². The second-order valence-corrected chi connectivity index (χ2v) is 9.90. The number of thioether (sulfide) groups is 1. The summed E-state index contributed by atoms with van der Waals surface area (Å²) in [4.78, 5) is 42.3. The smallest absolute Gasteiger partial charge is 0.326 e. The zero-order valence-corrected chi connectivity index (χ0v) is 21.8. The summed E-state index contributed by atoms with van der Waals surface area (Å²) in [5, 5.41) is 13.1. The summed E-state index contributed by atoms with van der Waals surface area (Å²) in [6, 6.07) is 11.7. The van der Waals surface area contributed by atoms with Gasteiger partial charge in [0.25, 0.3) is 5.91 Å². The van der Waals surface area contributed by atoms with E-state index < -0.39 is 17.9 Å². The predicted octanol–water partition coefficient (Wildman–Crippen LogP) is 3.59. The van der Waals surface area contributed by atoms with E-state index >= 15 is 0 Å². The highest BCUT2D eigenvalue weighted by atomic mass is 32.2. The Morgan fingerprint density at radius 2 is 1.95 bits per heavy atom. The summed E-state index contributed by atoms with van der Waals surface area (Å²) in [6.45, 7) is 0.0409. The molecule has 11 heteroatoms. The van der Waals surface area contributed by atoms with Gasteiger partial charge in [0.1, 0.15) is 10.4 Å². The maximum atomic E-state index is 12.9. The quantitative estimate of drug-likeness (QED) is 0.264. The molecule has 9 nitrogen and oxygen atoms in total. The molecular formula is C26H25N3O6S2. The van der Waals surface area contributed by atoms with Crippen LogP contribution in [-0.2, 0) is 20.8 Å². The third-order valence-electron chi connectivity index (χ3n) is 5.87. The van der Waals surface area contributed by atoms with E-state index in [1.807, 2.05) is 24.3 Å². The van der Waals surface area contributed by atoms with Gasteiger partial charge in [0, 0.05) is 36.5 Å². The van der Waals surface area contributed by atoms with Gasteiger partial charge in [0.15, 0.2) is 11.5 Å². The van der Waals surface area contributed by atoms with E-state index in [1.165, 1.54) is 12.0 Å². The number of carboxylic acid groups (broad SMARTS) is 1. The lowest BCUT2D eigenvalue weighted by atomic mass is 10.0. The van der Waals surface area contributed by atoms with Crippen LogP contribution < -0.4 is 14.8 Å². The number of carboxylic acids is 1. The van der Waals surface area contributed by atoms with Gasteiger partial charge in [-0.3, -0.25) is 14.5 Å². The number of carbonyl (C=O) groups is 3. The minimum Gasteiger partial charge on any atom is -0.493 e. The molecule has 4 rings (SSSR count). The number of aromatic amines is 1. The fourth-order valence-electron chi connectivity index (χ4n) is 3.99. The maximum absolute atomic E-state index is 12.9. The Bertz CT molecular complexity index is 1400. The Morgan fingerprint density at radius 1 is 1.19 bits per heavy atom. The van der Waals surface area contributed by atoms with Crippen molar-refractivity contribution in [2.45, 2.75) is 18.9 Å². The molecule has 0 radical (unpaired) electrons. The molecule has 0 saturated carbocycles. The van der Waals surface area contributed by atoms with Crippen molar-refractivity contribution in [1.29, 1.82) is 0 Å². The van der Waals surface area contributed by atoms with Crippen LogP contribution in [0.4, 0.5) is 0 Å². The Hall–Kier alpha value is -3.83. The number of benzene rings is 2. The van der Waals surface area contributed by atoms with Crippen molar-refractivity contribution in [3.63, 3.8) is 0 Å². The molecule has 3 N–H and O–H groups in total. The fourth-order valence-corrected chi connectivity index (χ4v) is 5.30. The Morgan fingerprint density at radius 3 is 2.68 bits per heavy atom. The summed E-state index contributed by atoms with van der Waals surface area (Å²) in [5.74, 6) is -0.829. The van der Waals surface area contributed by atoms with Crippen molar-refractivity contribution in [2.24, 2.45) is 0 Å². The molecule has 1 aromatic heterocycles. The van der Waals surface area contributed by atoms with Gasteiger partial charge in [-0.25, -0.2) is 4.79 Å². The van der Waals surface area contributed by atoms with Gasteiger partial charge in [0.05, 0.1) is 19.1 Å². The largest absolute Gasteiger partial charge is 0.493 e. The van der Waals surface area contributed by atoms with E-state index in [0.29, 0.717) is 20.7 Å². The van der Waals surface area contributed by atoms with Gasteiger partial charge in [-0.05, 0) is 35.4 Å². The Balaban J connectivity index is 1.38. The van der Waals surface area contributed by atoms with Crippen LogP contribution in [0.15, 0.2) is 53.6 Å². The number of H-pyrrole nitrogens is 1. The van der Waals surface area contributed by atoms with Crippen molar-refractivity contribution < 1.29 is 29.0 Å². The van der Waals surface area contributed by atoms with Gasteiger partial charge < -0.3 is 24.9 Å². The highest BCUT2D eigenvalue weighted by Crippen LogP contribution is 2.34. The molecule has 37 heavy (non-hydrogen) atoms. The molecule has 3 aromatic rings. The molecule has 2 amide bonds. The lowest BCUT2D eigenvalue weighted by Gasteiger charge is -2.17. The van der Waals surface area contributed by atoms with E-state index in [1.54, 1.807) is 37.6 Å². The van der Waals surface area contributed by atoms with Gasteiger partial charge in [-0.15, -0.1) is 0 Å². The van der Waals surface area contributed by atoms with E-state index in [4.69, 9.17) is 21.7 Å². The van der Waals surface area contributed by atoms with Gasteiger partial charge in [-0.2, -0.15) is 0 Å². The normalized spacial score (nSPS) is 15.3. The van der Waals surface area contributed by atoms with Crippen LogP contribution in [0.2, 0.25) is 0 Å². The lowest BCUT2D eigenvalue weighted by Crippen LogP contribution is -2.43. The number of aliphatic carboxylic acids is 1. The number of aromatic nitrogens is 1. The van der Waals surface area contributed by atoms with Crippen LogP contribution >= 0.6 is 24.0 Å². The number of para-hydroxylation sites is 1. The molecule has 0 spiro atoms. The molecule has 1 aliphatic rings. The summed E-state index contributed by atoms with van der Waals surface area (Å²) in [5.41, 5.74) is 2.42. The average molecular weight is 540 g/mol. The van der Waals surface area contributed by atoms with E-state index in [9.17, 15) is 19.5 Å². The van der Waals surface area contributed by atoms with Crippen LogP contribution in [0.5, 0.6) is 11.5 Å². The van der Waals surface area contributed by atoms with Crippen molar-refractivity contribution >= 4 is 63.1 Å². The summed E-state index contributed by atoms with van der Waals surface area (Å²) in [7, 11) is 3.07. The SMILES string of the molecule is COc1ccc(/C=C2/SC(=S)N(CCC(=O)N[C@H](Cc3c[nH]c4ccccc34)C(=O)O)C2=O)cc1OC. The third-order valence-corrected chi connectivity index (χ3v) is 7.25. The van der Waals surface area contributed by atoms with Crippen molar-refractivity contribution in [1.82, 2.24) is 15.2 Å². The summed E-state index contributed by atoms with van der Waals surface area (Å²) >= 11 is 6.50. The minimum atomic E-state index is -1.14. The molecule has 1 aliphatic heterocycles. The first-order valence-corrected chi connectivity index (χ1v) is 12.6. The van der Waals surface area contributed by atoms with E-state index in [-0.39, 0.29) is 25.3 Å². The van der Waals surface area contributed by atoms with E-state index in [2.05, 4.69) is 10.3 Å². The second-order valence-electron chi connectivity index (χ2n) is 8.22. The average Bonchev–Trinajstić information content (AvgIpc) is 3.41. The van der Waals surface area contributed by atoms with Gasteiger partial charge >= 0.3 is 5.97 Å². The van der Waals surface area contributed by atoms with E-state index in [0.717, 1.165) is 33.8 Å². The zero-order chi connectivity index (χ0) is 26.5. The number of methoxy groups -OCH3 is 2. The number of carbonyl (C=O) groups excluding carboxylic acids is 2. The second kappa shape index (κ2) is 11.5. The van der Waals surface area contributed by atoms with Crippen molar-refractivity contribution in [3.05, 3.63) is 64.7 Å². The molecule has 0 aliphatic carbocycles. The number of thiocarbonyl (C=S) groups is 1. The number of ether oxygens (including phenoxy) is 2. The standard InChI is InChI=1S/C26H25N3O6S2/c1-34-20-8-7-15(11-21(20)35-2)12-22-24(31)29(26(36)37-22)10-9-23(30)28-19(25(32)33)13-16-14-27-18-6-4-3-5-17(16)18/h3-8,11-12,14,19,27H,9-10,13H2,1-2H3,(H,28,30)(H,32,33)/b22-12+/t19-/m1/s1. The zero-order valence-electron chi connectivity index (χ0n) is 20.1. The minimum absolute atomic E-state index is 0.0409. The molecule has 0 unspecified atom stereocenters. The molecule has 1 atom stereocenters. The molecule has 1 saturated heterocycles. The predicted molar refractivity (Wildman–Crippen MR) is 146 cm³/mol. The molecule has 2 aromatic carbocycles. The number of hydrogen-bond donors (Lipinski definition) is 3. The van der Waals surface area contributed by atoms with Crippen LogP contribution in [0.3, 0.4) is 0 Å². The van der Waals surface area contributed by atoms with Crippen molar-refractivity contribution in [2.75, 3.05) is 20.8 Å². The number of nitrogens with zero attached hydrogens (tertiary/aromatic N) is 1. The van der Waals surface area contributed by atoms with Crippen LogP contribution in [0.25, 0.3) is 17.0 Å². The van der Waals surface area contributed by atoms with Crippen molar-refractivity contribution in [3.8, 4) is 11.5 Å². The Labute approximate surface area is 222 Å². The van der Waals surface area contributed by atoms with Crippen LogP contribution in [-0.4, -0.2) is 63.9 Å². The topological polar surface area (TPSA) is 121 Å². The lowest BCUT2D eigenvalue weighted by molar-refractivity contribution is -0.141. The molecule has 0 bridgehead atoms. The summed E-state index contributed by atoms with van der Waals surface area (Å²) < 4.78 is 10.9. The monoisotopic (exact) mass is 539 g/mol. The molecule has 1 fully saturated rings. The first-order chi connectivity index (χ1) is 17.8. The number of rotatable bonds is 10. The van der Waals surface area contributed by atoms with Crippen LogP contribution in [0, 0.1) is 0 Å². The fraction of sp³-hybridized carbons (Fsp3) is 0.231. The molecular weight excluding hydrogens is 514 g/mol. The maximum Gasteiger partial charge on any atom is 0.326 e. The Kier molecular flexibility index (Phi) is 8.14. The number of fused-ring (bicyclic) bond motifs is 1. The third kappa shape index (κ3) is 5.95. The first-order valence-electron chi connectivity index (χ1n) is 11.3.